The van der Waals surface area contributed by atoms with Gasteiger partial charge in [0.05, 0.1) is 5.56 Å². The molecule has 0 aliphatic heterocycles. The fourth-order valence-corrected chi connectivity index (χ4v) is 2.26. The summed E-state index contributed by atoms with van der Waals surface area (Å²) in [7, 11) is 3.54. The van der Waals surface area contributed by atoms with Gasteiger partial charge >= 0.3 is 0 Å². The summed E-state index contributed by atoms with van der Waals surface area (Å²) in [6.45, 7) is 0. The number of phenolic OH excluding ortho intramolecular Hbond substituents is 2. The molecule has 0 atom stereocenters. The molecule has 0 spiro atoms. The summed E-state index contributed by atoms with van der Waals surface area (Å²) < 4.78 is 0. The molecule has 5 heteroatoms. The summed E-state index contributed by atoms with van der Waals surface area (Å²) in [4.78, 5) is 13.6. The molecule has 0 aromatic heterocycles. The summed E-state index contributed by atoms with van der Waals surface area (Å²) >= 11 is 0. The number of phenols is 2. The third-order valence-electron chi connectivity index (χ3n) is 3.72. The van der Waals surface area contributed by atoms with Crippen LogP contribution in [-0.4, -0.2) is 30.2 Å². The molecule has 3 aromatic carbocycles. The van der Waals surface area contributed by atoms with E-state index >= 15 is 0 Å². The van der Waals surface area contributed by atoms with Crippen LogP contribution >= 0.6 is 0 Å². The predicted octanol–water partition coefficient (Wildman–Crippen LogP) is 4.10. The summed E-state index contributed by atoms with van der Waals surface area (Å²) in [6, 6.07) is 23.1. The first-order valence-electron chi connectivity index (χ1n) is 8.11. The van der Waals surface area contributed by atoms with E-state index in [1.165, 1.54) is 17.0 Å². The summed E-state index contributed by atoms with van der Waals surface area (Å²) in [6.07, 6.45) is 0. The highest BCUT2D eigenvalue weighted by Gasteiger charge is 2.17. The lowest BCUT2D eigenvalue weighted by atomic mass is 10.1. The maximum Gasteiger partial charge on any atom is 0.261 e. The maximum absolute atomic E-state index is 12.2. The Bertz CT molecular complexity index is 836. The average Bonchev–Trinajstić information content (AvgIpc) is 2.69. The van der Waals surface area contributed by atoms with Crippen molar-refractivity contribution in [1.29, 1.82) is 0 Å². The van der Waals surface area contributed by atoms with E-state index in [2.05, 4.69) is 5.32 Å². The zero-order valence-electron chi connectivity index (χ0n) is 14.8. The van der Waals surface area contributed by atoms with E-state index in [1.54, 1.807) is 19.2 Å². The van der Waals surface area contributed by atoms with Gasteiger partial charge in [0.15, 0.2) is 0 Å². The molecule has 0 aliphatic carbocycles. The lowest BCUT2D eigenvalue weighted by molar-refractivity contribution is 0.0990. The van der Waals surface area contributed by atoms with Gasteiger partial charge in [0.25, 0.3) is 5.91 Å². The first-order valence-corrected chi connectivity index (χ1v) is 8.11. The standard InChI is InChI=1S/C14H13NO3.C7H9N/c1-15(10-5-3-2-4-6-10)14(18)12-8-7-11(16)9-13(12)17;1-8-7-5-3-2-4-6-7/h2-9,16-17H,1H3;2-6,8H,1H3. The number of para-hydroxylation sites is 2. The number of nitrogens with zero attached hydrogens (tertiary/aromatic N) is 1. The number of nitrogens with one attached hydrogen (secondary N) is 1. The fraction of sp³-hybridized carbons (Fsp3) is 0.0952. The second kappa shape index (κ2) is 9.13. The molecule has 3 rings (SSSR count). The molecule has 3 N–H and O–H groups in total. The van der Waals surface area contributed by atoms with Gasteiger partial charge in [0, 0.05) is 31.5 Å². The molecule has 0 heterocycles. The van der Waals surface area contributed by atoms with Crippen LogP contribution in [0.3, 0.4) is 0 Å². The van der Waals surface area contributed by atoms with Crippen LogP contribution in [0.4, 0.5) is 11.4 Å². The molecule has 26 heavy (non-hydrogen) atoms. The molecular weight excluding hydrogens is 328 g/mol. The van der Waals surface area contributed by atoms with Crippen molar-refractivity contribution in [2.24, 2.45) is 0 Å². The average molecular weight is 350 g/mol. The minimum absolute atomic E-state index is 0.0774. The minimum atomic E-state index is -0.335. The Balaban J connectivity index is 0.000000254. The van der Waals surface area contributed by atoms with Gasteiger partial charge in [-0.2, -0.15) is 0 Å². The number of rotatable bonds is 3. The van der Waals surface area contributed by atoms with Gasteiger partial charge < -0.3 is 20.4 Å². The Morgan fingerprint density at radius 1 is 0.885 bits per heavy atom. The number of amides is 1. The van der Waals surface area contributed by atoms with E-state index in [1.807, 2.05) is 55.6 Å². The van der Waals surface area contributed by atoms with E-state index in [-0.39, 0.29) is 23.0 Å². The van der Waals surface area contributed by atoms with Crippen molar-refractivity contribution < 1.29 is 15.0 Å². The van der Waals surface area contributed by atoms with Crippen molar-refractivity contribution in [3.8, 4) is 11.5 Å². The summed E-state index contributed by atoms with van der Waals surface area (Å²) in [5, 5.41) is 21.9. The molecule has 0 aliphatic rings. The highest BCUT2D eigenvalue weighted by molar-refractivity contribution is 6.07. The molecule has 0 unspecified atom stereocenters. The Kier molecular flexibility index (Phi) is 6.62. The topological polar surface area (TPSA) is 72.8 Å². The van der Waals surface area contributed by atoms with Gasteiger partial charge in [-0.05, 0) is 36.4 Å². The van der Waals surface area contributed by atoms with Crippen LogP contribution in [0, 0.1) is 0 Å². The molecule has 0 bridgehead atoms. The second-order valence-electron chi connectivity index (χ2n) is 5.52. The fourth-order valence-electron chi connectivity index (χ4n) is 2.26. The quantitative estimate of drug-likeness (QED) is 0.665. The van der Waals surface area contributed by atoms with Crippen molar-refractivity contribution >= 4 is 17.3 Å². The van der Waals surface area contributed by atoms with Gasteiger partial charge in [0.1, 0.15) is 11.5 Å². The lowest BCUT2D eigenvalue weighted by Gasteiger charge is -2.17. The molecule has 0 saturated heterocycles. The first kappa shape index (κ1) is 18.9. The van der Waals surface area contributed by atoms with Gasteiger partial charge in [-0.15, -0.1) is 0 Å². The van der Waals surface area contributed by atoms with Crippen molar-refractivity contribution in [2.75, 3.05) is 24.3 Å². The Hall–Kier alpha value is -3.47. The number of hydrogen-bond acceptors (Lipinski definition) is 4. The van der Waals surface area contributed by atoms with E-state index in [9.17, 15) is 15.0 Å². The van der Waals surface area contributed by atoms with Crippen molar-refractivity contribution in [2.45, 2.75) is 0 Å². The highest BCUT2D eigenvalue weighted by atomic mass is 16.3. The molecule has 3 aromatic rings. The summed E-state index contributed by atoms with van der Waals surface area (Å²) in [5.74, 6) is -0.645. The minimum Gasteiger partial charge on any atom is -0.508 e. The van der Waals surface area contributed by atoms with Crippen LogP contribution in [0.25, 0.3) is 0 Å². The highest BCUT2D eigenvalue weighted by Crippen LogP contribution is 2.25. The molecule has 0 radical (unpaired) electrons. The molecule has 0 fully saturated rings. The van der Waals surface area contributed by atoms with Crippen LogP contribution < -0.4 is 10.2 Å². The van der Waals surface area contributed by atoms with Gasteiger partial charge in [0.2, 0.25) is 0 Å². The number of hydrogen-bond donors (Lipinski definition) is 3. The van der Waals surface area contributed by atoms with Gasteiger partial charge in [-0.25, -0.2) is 0 Å². The maximum atomic E-state index is 12.2. The first-order chi connectivity index (χ1) is 12.5. The lowest BCUT2D eigenvalue weighted by Crippen LogP contribution is -2.26. The van der Waals surface area contributed by atoms with Crippen LogP contribution in [0.2, 0.25) is 0 Å². The number of benzene rings is 3. The van der Waals surface area contributed by atoms with Crippen molar-refractivity contribution in [3.63, 3.8) is 0 Å². The van der Waals surface area contributed by atoms with Crippen LogP contribution in [-0.2, 0) is 0 Å². The number of carbonyl (C=O) groups is 1. The molecule has 0 saturated carbocycles. The zero-order valence-corrected chi connectivity index (χ0v) is 14.8. The Morgan fingerprint density at radius 3 is 1.96 bits per heavy atom. The summed E-state index contributed by atoms with van der Waals surface area (Å²) in [5.41, 5.74) is 2.04. The number of anilines is 2. The normalized spacial score (nSPS) is 9.62. The zero-order chi connectivity index (χ0) is 18.9. The Morgan fingerprint density at radius 2 is 1.46 bits per heavy atom. The SMILES string of the molecule is CN(C(=O)c1ccc(O)cc1O)c1ccccc1.CNc1ccccc1. The Labute approximate surface area is 153 Å². The van der Waals surface area contributed by atoms with Crippen LogP contribution in [0.15, 0.2) is 78.9 Å². The van der Waals surface area contributed by atoms with E-state index < -0.39 is 0 Å². The molecule has 134 valence electrons. The molecular formula is C21H22N2O3. The molecule has 1 amide bonds. The number of aromatic hydroxyl groups is 2. The van der Waals surface area contributed by atoms with E-state index in [4.69, 9.17) is 0 Å². The van der Waals surface area contributed by atoms with E-state index in [0.29, 0.717) is 0 Å². The third-order valence-corrected chi connectivity index (χ3v) is 3.72. The van der Waals surface area contributed by atoms with Gasteiger partial charge in [-0.1, -0.05) is 36.4 Å². The predicted molar refractivity (Wildman–Crippen MR) is 105 cm³/mol. The van der Waals surface area contributed by atoms with Gasteiger partial charge in [-0.3, -0.25) is 4.79 Å². The second-order valence-corrected chi connectivity index (χ2v) is 5.52. The monoisotopic (exact) mass is 350 g/mol. The van der Waals surface area contributed by atoms with Crippen LogP contribution in [0.1, 0.15) is 10.4 Å². The van der Waals surface area contributed by atoms with E-state index in [0.717, 1.165) is 17.4 Å². The van der Waals surface area contributed by atoms with Crippen molar-refractivity contribution in [3.05, 3.63) is 84.4 Å². The largest absolute Gasteiger partial charge is 0.508 e. The molecule has 5 nitrogen and oxygen atoms in total. The van der Waals surface area contributed by atoms with Crippen molar-refractivity contribution in [1.82, 2.24) is 0 Å². The smallest absolute Gasteiger partial charge is 0.261 e. The third kappa shape index (κ3) is 5.01. The van der Waals surface area contributed by atoms with Crippen LogP contribution in [0.5, 0.6) is 11.5 Å². The number of carbonyl (C=O) groups excluding carboxylic acids is 1.